The van der Waals surface area contributed by atoms with Crippen molar-refractivity contribution in [2.24, 2.45) is 0 Å². The van der Waals surface area contributed by atoms with Crippen LogP contribution in [0.2, 0.25) is 0 Å². The van der Waals surface area contributed by atoms with Crippen LogP contribution in [0.5, 0.6) is 0 Å². The van der Waals surface area contributed by atoms with Gasteiger partial charge in [-0.15, -0.1) is 23.1 Å². The van der Waals surface area contributed by atoms with Crippen LogP contribution in [0.4, 0.5) is 0 Å². The van der Waals surface area contributed by atoms with E-state index in [1.54, 1.807) is 18.1 Å². The molecular formula is C17H13N3S2. The van der Waals surface area contributed by atoms with Gasteiger partial charge >= 0.3 is 0 Å². The van der Waals surface area contributed by atoms with E-state index in [2.05, 4.69) is 22.1 Å². The molecule has 2 aromatic heterocycles. The molecule has 0 spiro atoms. The monoisotopic (exact) mass is 323 g/mol. The molecule has 1 aromatic carbocycles. The molecule has 3 nitrogen and oxygen atoms in total. The highest BCUT2D eigenvalue weighted by molar-refractivity contribution is 7.98. The Hall–Kier alpha value is -1.90. The first-order valence-electron chi connectivity index (χ1n) is 7.22. The number of benzene rings is 1. The minimum atomic E-state index is 0.711. The van der Waals surface area contributed by atoms with Crippen molar-refractivity contribution in [1.82, 2.24) is 9.97 Å². The summed E-state index contributed by atoms with van der Waals surface area (Å²) >= 11 is 3.56. The maximum Gasteiger partial charge on any atom is 0.128 e. The number of nitrogens with zero attached hydrogens (tertiary/aromatic N) is 3. The van der Waals surface area contributed by atoms with Gasteiger partial charge in [-0.3, -0.25) is 0 Å². The fourth-order valence-electron chi connectivity index (χ4n) is 2.89. The number of aryl methyl sites for hydroxylation is 2. The Bertz CT molecular complexity index is 893. The Kier molecular flexibility index (Phi) is 3.57. The zero-order valence-corrected chi connectivity index (χ0v) is 13.5. The minimum Gasteiger partial charge on any atom is -0.229 e. The van der Waals surface area contributed by atoms with Crippen molar-refractivity contribution in [3.63, 3.8) is 0 Å². The van der Waals surface area contributed by atoms with Crippen LogP contribution in [0.1, 0.15) is 28.0 Å². The van der Waals surface area contributed by atoms with Crippen molar-refractivity contribution < 1.29 is 0 Å². The van der Waals surface area contributed by atoms with Crippen LogP contribution in [-0.4, -0.2) is 9.97 Å². The van der Waals surface area contributed by atoms with Crippen molar-refractivity contribution in [3.8, 4) is 6.07 Å². The van der Waals surface area contributed by atoms with Gasteiger partial charge in [0, 0.05) is 16.0 Å². The molecular weight excluding hydrogens is 310 g/mol. The molecule has 0 bridgehead atoms. The Morgan fingerprint density at radius 1 is 1.27 bits per heavy atom. The quantitative estimate of drug-likeness (QED) is 0.531. The molecule has 108 valence electrons. The van der Waals surface area contributed by atoms with Crippen molar-refractivity contribution in [2.75, 3.05) is 0 Å². The van der Waals surface area contributed by atoms with Crippen LogP contribution in [0.25, 0.3) is 10.2 Å². The summed E-state index contributed by atoms with van der Waals surface area (Å²) < 4.78 is 0. The molecule has 0 N–H and O–H groups in total. The van der Waals surface area contributed by atoms with Gasteiger partial charge in [-0.05, 0) is 42.5 Å². The Morgan fingerprint density at radius 3 is 3.14 bits per heavy atom. The van der Waals surface area contributed by atoms with E-state index in [1.807, 2.05) is 29.5 Å². The summed E-state index contributed by atoms with van der Waals surface area (Å²) in [5, 5.41) is 11.3. The minimum absolute atomic E-state index is 0.711. The summed E-state index contributed by atoms with van der Waals surface area (Å²) in [5.74, 6) is 0.826. The molecule has 1 aliphatic rings. The van der Waals surface area contributed by atoms with Gasteiger partial charge in [-0.2, -0.15) is 5.26 Å². The van der Waals surface area contributed by atoms with E-state index in [0.29, 0.717) is 5.56 Å². The van der Waals surface area contributed by atoms with Gasteiger partial charge in [0.15, 0.2) is 0 Å². The average molecular weight is 323 g/mol. The lowest BCUT2D eigenvalue weighted by Crippen LogP contribution is -1.88. The molecule has 22 heavy (non-hydrogen) atoms. The number of nitriles is 1. The lowest BCUT2D eigenvalue weighted by Gasteiger charge is -2.04. The summed E-state index contributed by atoms with van der Waals surface area (Å²) in [6.07, 6.45) is 5.26. The van der Waals surface area contributed by atoms with E-state index < -0.39 is 0 Å². The number of hydrogen-bond acceptors (Lipinski definition) is 5. The predicted octanol–water partition coefficient (Wildman–Crippen LogP) is 4.34. The van der Waals surface area contributed by atoms with Gasteiger partial charge in [0.05, 0.1) is 11.6 Å². The average Bonchev–Trinajstić information content (AvgIpc) is 3.13. The van der Waals surface area contributed by atoms with Crippen LogP contribution < -0.4 is 0 Å². The zero-order valence-electron chi connectivity index (χ0n) is 11.9. The number of rotatable bonds is 3. The van der Waals surface area contributed by atoms with Crippen molar-refractivity contribution in [1.29, 1.82) is 5.26 Å². The molecule has 0 radical (unpaired) electrons. The molecule has 0 atom stereocenters. The SMILES string of the molecule is N#Cc1cccc(CSc2ncnc3sc4c(c23)CCC4)c1. The first kappa shape index (κ1) is 13.7. The number of fused-ring (bicyclic) bond motifs is 3. The number of thiophene rings is 1. The summed E-state index contributed by atoms with van der Waals surface area (Å²) in [7, 11) is 0. The Morgan fingerprint density at radius 2 is 2.23 bits per heavy atom. The first-order chi connectivity index (χ1) is 10.8. The third-order valence-electron chi connectivity index (χ3n) is 3.90. The topological polar surface area (TPSA) is 49.6 Å². The van der Waals surface area contributed by atoms with E-state index in [9.17, 15) is 0 Å². The normalized spacial score (nSPS) is 13.2. The summed E-state index contributed by atoms with van der Waals surface area (Å²) in [6, 6.07) is 9.97. The van der Waals surface area contributed by atoms with Gasteiger partial charge in [-0.1, -0.05) is 12.1 Å². The predicted molar refractivity (Wildman–Crippen MR) is 90.2 cm³/mol. The molecule has 1 aliphatic carbocycles. The first-order valence-corrected chi connectivity index (χ1v) is 9.02. The van der Waals surface area contributed by atoms with Gasteiger partial charge in [0.2, 0.25) is 0 Å². The number of thioether (sulfide) groups is 1. The highest BCUT2D eigenvalue weighted by Gasteiger charge is 2.21. The maximum absolute atomic E-state index is 8.99. The van der Waals surface area contributed by atoms with Gasteiger partial charge in [0.1, 0.15) is 16.2 Å². The van der Waals surface area contributed by atoms with Crippen LogP contribution in [-0.2, 0) is 18.6 Å². The van der Waals surface area contributed by atoms with Gasteiger partial charge in [-0.25, -0.2) is 9.97 Å². The van der Waals surface area contributed by atoms with Gasteiger partial charge < -0.3 is 0 Å². The van der Waals surface area contributed by atoms with Crippen molar-refractivity contribution >= 4 is 33.3 Å². The maximum atomic E-state index is 8.99. The molecule has 0 aliphatic heterocycles. The van der Waals surface area contributed by atoms with Gasteiger partial charge in [0.25, 0.3) is 0 Å². The standard InChI is InChI=1S/C17H13N3S2/c18-8-11-3-1-4-12(7-11)9-21-16-15-13-5-2-6-14(13)22-17(15)20-10-19-16/h1,3-4,7,10H,2,5-6,9H2. The second-order valence-electron chi connectivity index (χ2n) is 5.32. The Labute approximate surface area is 137 Å². The molecule has 4 rings (SSSR count). The van der Waals surface area contributed by atoms with Crippen LogP contribution in [0.15, 0.2) is 35.6 Å². The third-order valence-corrected chi connectivity index (χ3v) is 6.16. The molecule has 0 unspecified atom stereocenters. The fourth-order valence-corrected chi connectivity index (χ4v) is 5.15. The van der Waals surface area contributed by atoms with E-state index in [4.69, 9.17) is 5.26 Å². The Balaban J connectivity index is 1.66. The van der Waals surface area contributed by atoms with E-state index in [1.165, 1.54) is 28.7 Å². The molecule has 0 saturated carbocycles. The van der Waals surface area contributed by atoms with E-state index in [-0.39, 0.29) is 0 Å². The molecule has 3 aromatic rings. The molecule has 2 heterocycles. The van der Waals surface area contributed by atoms with Crippen molar-refractivity contribution in [3.05, 3.63) is 52.2 Å². The summed E-state index contributed by atoms with van der Waals surface area (Å²) in [5.41, 5.74) is 3.33. The van der Waals surface area contributed by atoms with Crippen LogP contribution in [0.3, 0.4) is 0 Å². The highest BCUT2D eigenvalue weighted by Crippen LogP contribution is 2.40. The number of hydrogen-bond donors (Lipinski definition) is 0. The lowest BCUT2D eigenvalue weighted by atomic mass is 10.2. The molecule has 5 heteroatoms. The molecule has 0 saturated heterocycles. The lowest BCUT2D eigenvalue weighted by molar-refractivity contribution is 0.915. The van der Waals surface area contributed by atoms with Crippen molar-refractivity contribution in [2.45, 2.75) is 30.0 Å². The smallest absolute Gasteiger partial charge is 0.128 e. The molecule has 0 fully saturated rings. The number of aromatic nitrogens is 2. The van der Waals surface area contributed by atoms with E-state index >= 15 is 0 Å². The van der Waals surface area contributed by atoms with Crippen LogP contribution >= 0.6 is 23.1 Å². The second-order valence-corrected chi connectivity index (χ2v) is 7.36. The highest BCUT2D eigenvalue weighted by atomic mass is 32.2. The van der Waals surface area contributed by atoms with E-state index in [0.717, 1.165) is 27.6 Å². The zero-order chi connectivity index (χ0) is 14.9. The van der Waals surface area contributed by atoms with Crippen LogP contribution in [0, 0.1) is 11.3 Å². The third kappa shape index (κ3) is 2.39. The summed E-state index contributed by atoms with van der Waals surface area (Å²) in [6.45, 7) is 0. The fraction of sp³-hybridized carbons (Fsp3) is 0.235. The summed E-state index contributed by atoms with van der Waals surface area (Å²) in [4.78, 5) is 11.6. The molecule has 0 amide bonds. The second kappa shape index (κ2) is 5.71. The largest absolute Gasteiger partial charge is 0.229 e.